The van der Waals surface area contributed by atoms with Crippen molar-refractivity contribution < 1.29 is 23.8 Å². The van der Waals surface area contributed by atoms with Crippen LogP contribution in [0.1, 0.15) is 48.4 Å². The van der Waals surface area contributed by atoms with Crippen LogP contribution in [0, 0.1) is 0 Å². The van der Waals surface area contributed by atoms with Crippen LogP contribution in [0.5, 0.6) is 11.5 Å². The van der Waals surface area contributed by atoms with Crippen molar-refractivity contribution in [1.29, 1.82) is 0 Å². The fourth-order valence-corrected chi connectivity index (χ4v) is 3.06. The number of hydrogen-bond donors (Lipinski definition) is 2. The van der Waals surface area contributed by atoms with E-state index in [0.717, 1.165) is 0 Å². The average Bonchev–Trinajstić information content (AvgIpc) is 3.04. The van der Waals surface area contributed by atoms with Crippen LogP contribution in [0.4, 0.5) is 0 Å². The molecule has 1 aromatic heterocycles. The minimum absolute atomic E-state index is 0.0166. The zero-order chi connectivity index (χ0) is 20.4. The molecule has 1 atom stereocenters. The van der Waals surface area contributed by atoms with Gasteiger partial charge in [-0.1, -0.05) is 0 Å². The molecular weight excluding hydrogens is 358 g/mol. The Labute approximate surface area is 163 Å². The molecule has 3 aromatic rings. The Kier molecular flexibility index (Phi) is 5.40. The van der Waals surface area contributed by atoms with Crippen LogP contribution in [-0.4, -0.2) is 29.9 Å². The highest BCUT2D eigenvalue weighted by atomic mass is 16.5. The summed E-state index contributed by atoms with van der Waals surface area (Å²) in [5.41, 5.74) is 1.15. The van der Waals surface area contributed by atoms with Gasteiger partial charge in [0, 0.05) is 17.0 Å². The Morgan fingerprint density at radius 1 is 1.07 bits per heavy atom. The lowest BCUT2D eigenvalue weighted by molar-refractivity contribution is -0.123. The molecule has 0 aliphatic rings. The molecule has 0 spiro atoms. The molecule has 1 unspecified atom stereocenters. The standard InChI is InChI=1S/C22H23NO5/c1-12(2)23-22(26)13(3)21-19(17-11-15(24)7-10-18(17)28-21)20(25)14-5-8-16(27-4)9-6-14/h5-13,24H,1-4H3,(H,23,26). The van der Waals surface area contributed by atoms with Gasteiger partial charge in [0.15, 0.2) is 5.78 Å². The maximum Gasteiger partial charge on any atom is 0.230 e. The number of rotatable bonds is 6. The number of ketones is 1. The third-order valence-corrected chi connectivity index (χ3v) is 4.50. The fraction of sp³-hybridized carbons (Fsp3) is 0.273. The highest BCUT2D eigenvalue weighted by Crippen LogP contribution is 2.35. The maximum absolute atomic E-state index is 13.3. The molecule has 0 fully saturated rings. The average molecular weight is 381 g/mol. The number of carbonyl (C=O) groups excluding carboxylic acids is 2. The van der Waals surface area contributed by atoms with Gasteiger partial charge in [-0.15, -0.1) is 0 Å². The van der Waals surface area contributed by atoms with Crippen molar-refractivity contribution in [2.24, 2.45) is 0 Å². The number of furan rings is 1. The Morgan fingerprint density at radius 2 is 1.75 bits per heavy atom. The predicted octanol–water partition coefficient (Wildman–Crippen LogP) is 4.01. The van der Waals surface area contributed by atoms with Crippen LogP contribution >= 0.6 is 0 Å². The third kappa shape index (κ3) is 3.71. The summed E-state index contributed by atoms with van der Waals surface area (Å²) in [6.07, 6.45) is 0. The number of aromatic hydroxyl groups is 1. The summed E-state index contributed by atoms with van der Waals surface area (Å²) >= 11 is 0. The van der Waals surface area contributed by atoms with Crippen molar-refractivity contribution in [2.75, 3.05) is 7.11 Å². The fourth-order valence-electron chi connectivity index (χ4n) is 3.06. The van der Waals surface area contributed by atoms with E-state index in [-0.39, 0.29) is 34.8 Å². The molecule has 1 amide bonds. The highest BCUT2D eigenvalue weighted by Gasteiger charge is 2.29. The van der Waals surface area contributed by atoms with Crippen LogP contribution in [-0.2, 0) is 4.79 Å². The van der Waals surface area contributed by atoms with E-state index in [0.29, 0.717) is 22.3 Å². The molecular formula is C22H23NO5. The first-order valence-corrected chi connectivity index (χ1v) is 9.06. The van der Waals surface area contributed by atoms with Crippen LogP contribution < -0.4 is 10.1 Å². The van der Waals surface area contributed by atoms with Crippen LogP contribution in [0.2, 0.25) is 0 Å². The molecule has 0 radical (unpaired) electrons. The quantitative estimate of drug-likeness (QED) is 0.630. The summed E-state index contributed by atoms with van der Waals surface area (Å²) in [7, 11) is 1.55. The monoisotopic (exact) mass is 381 g/mol. The first kappa shape index (κ1) is 19.5. The van der Waals surface area contributed by atoms with Crippen LogP contribution in [0.15, 0.2) is 46.9 Å². The number of benzene rings is 2. The predicted molar refractivity (Wildman–Crippen MR) is 106 cm³/mol. The normalized spacial score (nSPS) is 12.2. The molecule has 2 aromatic carbocycles. The van der Waals surface area contributed by atoms with Gasteiger partial charge in [0.25, 0.3) is 0 Å². The number of hydrogen-bond acceptors (Lipinski definition) is 5. The summed E-state index contributed by atoms with van der Waals surface area (Å²) in [5.74, 6) is -0.263. The van der Waals surface area contributed by atoms with Crippen molar-refractivity contribution in [3.05, 3.63) is 59.4 Å². The van der Waals surface area contributed by atoms with E-state index < -0.39 is 5.92 Å². The van der Waals surface area contributed by atoms with E-state index in [1.54, 1.807) is 44.4 Å². The van der Waals surface area contributed by atoms with Gasteiger partial charge in [-0.2, -0.15) is 0 Å². The molecule has 28 heavy (non-hydrogen) atoms. The van der Waals surface area contributed by atoms with Gasteiger partial charge in [-0.05, 0) is 63.2 Å². The zero-order valence-electron chi connectivity index (χ0n) is 16.3. The molecule has 0 saturated carbocycles. The van der Waals surface area contributed by atoms with Crippen molar-refractivity contribution in [3.63, 3.8) is 0 Å². The first-order valence-electron chi connectivity index (χ1n) is 9.06. The number of nitrogens with one attached hydrogen (secondary N) is 1. The molecule has 0 aliphatic carbocycles. The Morgan fingerprint density at radius 3 is 2.36 bits per heavy atom. The van der Waals surface area contributed by atoms with E-state index in [1.165, 1.54) is 12.1 Å². The maximum atomic E-state index is 13.3. The van der Waals surface area contributed by atoms with Crippen molar-refractivity contribution >= 4 is 22.7 Å². The zero-order valence-corrected chi connectivity index (χ0v) is 16.3. The second-order valence-electron chi connectivity index (χ2n) is 6.96. The SMILES string of the molecule is COc1ccc(C(=O)c2c(C(C)C(=O)NC(C)C)oc3ccc(O)cc23)cc1. The Bertz CT molecular complexity index is 1020. The van der Waals surface area contributed by atoms with Crippen LogP contribution in [0.3, 0.4) is 0 Å². The Hall–Kier alpha value is -3.28. The number of carbonyl (C=O) groups is 2. The topological polar surface area (TPSA) is 88.8 Å². The number of methoxy groups -OCH3 is 1. The lowest BCUT2D eigenvalue weighted by Gasteiger charge is -2.14. The first-order chi connectivity index (χ1) is 13.3. The molecule has 0 saturated heterocycles. The second-order valence-corrected chi connectivity index (χ2v) is 6.96. The van der Waals surface area contributed by atoms with E-state index in [2.05, 4.69) is 5.32 Å². The van der Waals surface area contributed by atoms with Gasteiger partial charge < -0.3 is 19.6 Å². The van der Waals surface area contributed by atoms with Gasteiger partial charge >= 0.3 is 0 Å². The van der Waals surface area contributed by atoms with Crippen molar-refractivity contribution in [2.45, 2.75) is 32.7 Å². The summed E-state index contributed by atoms with van der Waals surface area (Å²) in [6.45, 7) is 5.43. The van der Waals surface area contributed by atoms with E-state index in [4.69, 9.17) is 9.15 Å². The smallest absolute Gasteiger partial charge is 0.230 e. The van der Waals surface area contributed by atoms with Gasteiger partial charge in [-0.25, -0.2) is 0 Å². The molecule has 0 aliphatic heterocycles. The van der Waals surface area contributed by atoms with E-state index in [9.17, 15) is 14.7 Å². The van der Waals surface area contributed by atoms with E-state index in [1.807, 2.05) is 13.8 Å². The lowest BCUT2D eigenvalue weighted by Crippen LogP contribution is -2.33. The summed E-state index contributed by atoms with van der Waals surface area (Å²) in [5, 5.41) is 13.2. The molecule has 3 rings (SSSR count). The lowest BCUT2D eigenvalue weighted by atomic mass is 9.95. The largest absolute Gasteiger partial charge is 0.508 e. The number of fused-ring (bicyclic) bond motifs is 1. The number of amides is 1. The molecule has 1 heterocycles. The van der Waals surface area contributed by atoms with Gasteiger partial charge in [0.1, 0.15) is 22.8 Å². The minimum atomic E-state index is -0.672. The number of phenols is 1. The molecule has 0 bridgehead atoms. The van der Waals surface area contributed by atoms with Crippen molar-refractivity contribution in [1.82, 2.24) is 5.32 Å². The minimum Gasteiger partial charge on any atom is -0.508 e. The summed E-state index contributed by atoms with van der Waals surface area (Å²) in [4.78, 5) is 25.8. The summed E-state index contributed by atoms with van der Waals surface area (Å²) < 4.78 is 11.0. The molecule has 146 valence electrons. The molecule has 6 nitrogen and oxygen atoms in total. The van der Waals surface area contributed by atoms with Crippen LogP contribution in [0.25, 0.3) is 11.0 Å². The van der Waals surface area contributed by atoms with E-state index >= 15 is 0 Å². The number of phenolic OH excluding ortho intramolecular Hbond substituents is 1. The highest BCUT2D eigenvalue weighted by molar-refractivity contribution is 6.17. The van der Waals surface area contributed by atoms with Gasteiger partial charge in [0.05, 0.1) is 18.6 Å². The molecule has 6 heteroatoms. The molecule has 2 N–H and O–H groups in total. The van der Waals surface area contributed by atoms with Crippen molar-refractivity contribution in [3.8, 4) is 11.5 Å². The van der Waals surface area contributed by atoms with Gasteiger partial charge in [0.2, 0.25) is 5.91 Å². The second kappa shape index (κ2) is 7.76. The number of ether oxygens (including phenoxy) is 1. The Balaban J connectivity index is 2.13. The van der Waals surface area contributed by atoms with Gasteiger partial charge in [-0.3, -0.25) is 9.59 Å². The third-order valence-electron chi connectivity index (χ3n) is 4.50. The summed E-state index contributed by atoms with van der Waals surface area (Å²) in [6, 6.07) is 11.2.